The highest BCUT2D eigenvalue weighted by Gasteiger charge is 2.29. The molecule has 3 rings (SSSR count). The number of amides is 1. The maximum Gasteiger partial charge on any atom is 0.267 e. The fourth-order valence-corrected chi connectivity index (χ4v) is 3.24. The van der Waals surface area contributed by atoms with Crippen LogP contribution in [0.1, 0.15) is 33.1 Å². The molecule has 3 heterocycles. The lowest BCUT2D eigenvalue weighted by atomic mass is 9.97. The molecule has 1 aliphatic rings. The quantitative estimate of drug-likeness (QED) is 0.871. The van der Waals surface area contributed by atoms with Crippen molar-refractivity contribution in [2.45, 2.75) is 51.7 Å². The lowest BCUT2D eigenvalue weighted by Gasteiger charge is -2.39. The largest absolute Gasteiger partial charge is 0.463 e. The minimum atomic E-state index is -0.286. The molecule has 0 aliphatic carbocycles. The van der Waals surface area contributed by atoms with Crippen LogP contribution in [0.3, 0.4) is 0 Å². The summed E-state index contributed by atoms with van der Waals surface area (Å²) in [6.07, 6.45) is 4.70. The SMILES string of the molecule is CC1CCCC(C)N1C(=O)Cn1nc(-c2ccco2)ccc1=O. The number of likely N-dealkylation sites (tertiary alicyclic amines) is 1. The molecule has 6 nitrogen and oxygen atoms in total. The van der Waals surface area contributed by atoms with Gasteiger partial charge in [-0.15, -0.1) is 0 Å². The summed E-state index contributed by atoms with van der Waals surface area (Å²) >= 11 is 0. The molecule has 2 unspecified atom stereocenters. The second-order valence-electron chi connectivity index (χ2n) is 6.12. The standard InChI is InChI=1S/C17H21N3O3/c1-12-5-3-6-13(2)20(12)17(22)11-19-16(21)9-8-14(18-19)15-7-4-10-23-15/h4,7-10,12-13H,3,5-6,11H2,1-2H3. The second-order valence-corrected chi connectivity index (χ2v) is 6.12. The highest BCUT2D eigenvalue weighted by molar-refractivity contribution is 5.76. The number of hydrogen-bond acceptors (Lipinski definition) is 4. The number of furan rings is 1. The van der Waals surface area contributed by atoms with Gasteiger partial charge in [0.15, 0.2) is 5.76 Å². The van der Waals surface area contributed by atoms with E-state index in [9.17, 15) is 9.59 Å². The maximum absolute atomic E-state index is 12.6. The minimum Gasteiger partial charge on any atom is -0.463 e. The van der Waals surface area contributed by atoms with Gasteiger partial charge < -0.3 is 9.32 Å². The van der Waals surface area contributed by atoms with E-state index in [1.807, 2.05) is 4.90 Å². The van der Waals surface area contributed by atoms with Crippen molar-refractivity contribution < 1.29 is 9.21 Å². The Hall–Kier alpha value is -2.37. The predicted molar refractivity (Wildman–Crippen MR) is 85.8 cm³/mol. The molecule has 1 fully saturated rings. The predicted octanol–water partition coefficient (Wildman–Crippen LogP) is 2.29. The number of piperidine rings is 1. The first-order chi connectivity index (χ1) is 11.1. The van der Waals surface area contributed by atoms with E-state index >= 15 is 0 Å². The average Bonchev–Trinajstić information content (AvgIpc) is 3.03. The van der Waals surface area contributed by atoms with Gasteiger partial charge in [-0.1, -0.05) is 0 Å². The Balaban J connectivity index is 1.83. The molecule has 23 heavy (non-hydrogen) atoms. The van der Waals surface area contributed by atoms with Crippen molar-refractivity contribution in [3.05, 3.63) is 40.9 Å². The molecule has 1 saturated heterocycles. The van der Waals surface area contributed by atoms with Crippen LogP contribution in [0.15, 0.2) is 39.7 Å². The highest BCUT2D eigenvalue weighted by atomic mass is 16.3. The van der Waals surface area contributed by atoms with Crippen LogP contribution in [0, 0.1) is 0 Å². The molecule has 122 valence electrons. The van der Waals surface area contributed by atoms with E-state index in [0.717, 1.165) is 19.3 Å². The summed E-state index contributed by atoms with van der Waals surface area (Å²) in [5, 5.41) is 4.26. The van der Waals surface area contributed by atoms with Crippen molar-refractivity contribution in [3.8, 4) is 11.5 Å². The van der Waals surface area contributed by atoms with E-state index in [1.165, 1.54) is 10.7 Å². The molecular formula is C17H21N3O3. The molecule has 0 saturated carbocycles. The molecule has 2 aromatic heterocycles. The van der Waals surface area contributed by atoms with Gasteiger partial charge in [-0.3, -0.25) is 9.59 Å². The van der Waals surface area contributed by atoms with Gasteiger partial charge in [-0.05, 0) is 51.3 Å². The van der Waals surface area contributed by atoms with Crippen LogP contribution in [0.4, 0.5) is 0 Å². The number of rotatable bonds is 3. The van der Waals surface area contributed by atoms with Crippen LogP contribution in [-0.4, -0.2) is 32.7 Å². The molecule has 0 aromatic carbocycles. The van der Waals surface area contributed by atoms with Crippen molar-refractivity contribution in [2.24, 2.45) is 0 Å². The Labute approximate surface area is 134 Å². The van der Waals surface area contributed by atoms with Gasteiger partial charge in [-0.25, -0.2) is 4.68 Å². The van der Waals surface area contributed by atoms with Crippen LogP contribution in [-0.2, 0) is 11.3 Å². The van der Waals surface area contributed by atoms with Gasteiger partial charge in [0.25, 0.3) is 5.56 Å². The maximum atomic E-state index is 12.6. The molecular weight excluding hydrogens is 294 g/mol. The van der Waals surface area contributed by atoms with Gasteiger partial charge in [0.2, 0.25) is 5.91 Å². The first-order valence-electron chi connectivity index (χ1n) is 7.99. The Morgan fingerprint density at radius 1 is 1.26 bits per heavy atom. The molecule has 0 N–H and O–H groups in total. The molecule has 6 heteroatoms. The number of nitrogens with zero attached hydrogens (tertiary/aromatic N) is 3. The van der Waals surface area contributed by atoms with Gasteiger partial charge >= 0.3 is 0 Å². The Morgan fingerprint density at radius 3 is 2.65 bits per heavy atom. The smallest absolute Gasteiger partial charge is 0.267 e. The number of carbonyl (C=O) groups excluding carboxylic acids is 1. The molecule has 0 radical (unpaired) electrons. The van der Waals surface area contributed by atoms with Gasteiger partial charge in [0.05, 0.1) is 6.26 Å². The van der Waals surface area contributed by atoms with Crippen molar-refractivity contribution in [3.63, 3.8) is 0 Å². The summed E-state index contributed by atoms with van der Waals surface area (Å²) in [6.45, 7) is 4.08. The van der Waals surface area contributed by atoms with Crippen molar-refractivity contribution in [1.29, 1.82) is 0 Å². The van der Waals surface area contributed by atoms with Crippen LogP contribution < -0.4 is 5.56 Å². The summed E-state index contributed by atoms with van der Waals surface area (Å²) in [7, 11) is 0. The van der Waals surface area contributed by atoms with E-state index < -0.39 is 0 Å². The first kappa shape index (κ1) is 15.5. The Kier molecular flexibility index (Phi) is 4.32. The molecule has 2 atom stereocenters. The monoisotopic (exact) mass is 315 g/mol. The zero-order valence-electron chi connectivity index (χ0n) is 13.4. The lowest BCUT2D eigenvalue weighted by Crippen LogP contribution is -2.49. The topological polar surface area (TPSA) is 68.3 Å². The average molecular weight is 315 g/mol. The van der Waals surface area contributed by atoms with Gasteiger partial charge in [0, 0.05) is 18.2 Å². The van der Waals surface area contributed by atoms with Crippen molar-refractivity contribution in [2.75, 3.05) is 0 Å². The Morgan fingerprint density at radius 2 is 2.00 bits per heavy atom. The molecule has 0 spiro atoms. The minimum absolute atomic E-state index is 0.0396. The van der Waals surface area contributed by atoms with E-state index in [4.69, 9.17) is 4.42 Å². The van der Waals surface area contributed by atoms with Crippen LogP contribution in [0.5, 0.6) is 0 Å². The third kappa shape index (κ3) is 3.21. The van der Waals surface area contributed by atoms with Crippen LogP contribution >= 0.6 is 0 Å². The van der Waals surface area contributed by atoms with Crippen molar-refractivity contribution in [1.82, 2.24) is 14.7 Å². The van der Waals surface area contributed by atoms with E-state index in [2.05, 4.69) is 18.9 Å². The van der Waals surface area contributed by atoms with Gasteiger partial charge in [-0.2, -0.15) is 5.10 Å². The van der Waals surface area contributed by atoms with E-state index in [-0.39, 0.29) is 30.1 Å². The third-order valence-corrected chi connectivity index (χ3v) is 4.41. The zero-order chi connectivity index (χ0) is 16.4. The number of carbonyl (C=O) groups is 1. The number of aromatic nitrogens is 2. The van der Waals surface area contributed by atoms with Gasteiger partial charge in [0.1, 0.15) is 12.2 Å². The molecule has 0 bridgehead atoms. The Bertz CT molecular complexity index is 726. The summed E-state index contributed by atoms with van der Waals surface area (Å²) in [5.74, 6) is 0.516. The molecule has 1 amide bonds. The fourth-order valence-electron chi connectivity index (χ4n) is 3.24. The molecule has 1 aliphatic heterocycles. The normalized spacial score (nSPS) is 21.4. The highest BCUT2D eigenvalue weighted by Crippen LogP contribution is 2.22. The number of hydrogen-bond donors (Lipinski definition) is 0. The lowest BCUT2D eigenvalue weighted by molar-refractivity contribution is -0.138. The molecule has 2 aromatic rings. The third-order valence-electron chi connectivity index (χ3n) is 4.41. The summed E-state index contributed by atoms with van der Waals surface area (Å²) in [6, 6.07) is 6.96. The first-order valence-corrected chi connectivity index (χ1v) is 7.99. The summed E-state index contributed by atoms with van der Waals surface area (Å²) in [5.41, 5.74) is 0.258. The van der Waals surface area contributed by atoms with E-state index in [0.29, 0.717) is 11.5 Å². The zero-order valence-corrected chi connectivity index (χ0v) is 13.4. The second kappa shape index (κ2) is 6.40. The van der Waals surface area contributed by atoms with Crippen LogP contribution in [0.25, 0.3) is 11.5 Å². The summed E-state index contributed by atoms with van der Waals surface area (Å²) in [4.78, 5) is 26.5. The summed E-state index contributed by atoms with van der Waals surface area (Å²) < 4.78 is 6.51. The fraction of sp³-hybridized carbons (Fsp3) is 0.471. The van der Waals surface area contributed by atoms with E-state index in [1.54, 1.807) is 24.5 Å². The van der Waals surface area contributed by atoms with Crippen LogP contribution in [0.2, 0.25) is 0 Å². The van der Waals surface area contributed by atoms with Crippen molar-refractivity contribution >= 4 is 5.91 Å².